The van der Waals surface area contributed by atoms with E-state index in [9.17, 15) is 13.6 Å². The molecule has 4 rings (SSSR count). The van der Waals surface area contributed by atoms with Gasteiger partial charge in [-0.1, -0.05) is 0 Å². The Morgan fingerprint density at radius 3 is 2.69 bits per heavy atom. The van der Waals surface area contributed by atoms with Gasteiger partial charge in [-0.2, -0.15) is 0 Å². The molecule has 32 heavy (non-hydrogen) atoms. The van der Waals surface area contributed by atoms with Gasteiger partial charge in [-0.25, -0.2) is 18.8 Å². The third-order valence-electron chi connectivity index (χ3n) is 5.23. The maximum absolute atomic E-state index is 14.5. The lowest BCUT2D eigenvalue weighted by atomic mass is 10.2. The standard InChI is InChI=1S/C22H24F2N4O4/c1-13-10-18(32-12-15-16(23)4-5-17(30-3)19(15)24)21-25-14(2)20(28(21)11-13)22(29)26-27-6-8-31-9-7-27/h4-5,10-11H,6-9,12H2,1-3H3,(H,26,29). The van der Waals surface area contributed by atoms with Crippen LogP contribution in [0.15, 0.2) is 24.4 Å². The number of imidazole rings is 1. The number of ether oxygens (including phenoxy) is 3. The highest BCUT2D eigenvalue weighted by molar-refractivity contribution is 5.94. The molecule has 0 saturated carbocycles. The third kappa shape index (κ3) is 4.23. The molecule has 3 aromatic rings. The smallest absolute Gasteiger partial charge is 0.284 e. The Hall–Kier alpha value is -3.24. The number of carbonyl (C=O) groups excluding carboxylic acids is 1. The zero-order valence-electron chi connectivity index (χ0n) is 18.1. The minimum Gasteiger partial charge on any atom is -0.494 e. The summed E-state index contributed by atoms with van der Waals surface area (Å²) in [5, 5.41) is 1.80. The van der Waals surface area contributed by atoms with Crippen molar-refractivity contribution >= 4 is 11.6 Å². The van der Waals surface area contributed by atoms with Gasteiger partial charge in [0.05, 0.1) is 31.6 Å². The van der Waals surface area contributed by atoms with E-state index >= 15 is 0 Å². The molecule has 0 aliphatic carbocycles. The number of nitrogens with one attached hydrogen (secondary N) is 1. The van der Waals surface area contributed by atoms with Crippen LogP contribution in [-0.2, 0) is 11.3 Å². The highest BCUT2D eigenvalue weighted by Gasteiger charge is 2.23. The topological polar surface area (TPSA) is 77.3 Å². The number of methoxy groups -OCH3 is 1. The van der Waals surface area contributed by atoms with Crippen molar-refractivity contribution in [3.8, 4) is 11.5 Å². The monoisotopic (exact) mass is 446 g/mol. The molecule has 10 heteroatoms. The Morgan fingerprint density at radius 1 is 1.22 bits per heavy atom. The molecule has 1 aliphatic rings. The summed E-state index contributed by atoms with van der Waals surface area (Å²) in [5.41, 5.74) is 4.66. The number of hydrogen-bond donors (Lipinski definition) is 1. The molecule has 0 bridgehead atoms. The van der Waals surface area contributed by atoms with E-state index in [1.807, 2.05) is 6.92 Å². The van der Waals surface area contributed by atoms with Gasteiger partial charge in [0.25, 0.3) is 5.91 Å². The summed E-state index contributed by atoms with van der Waals surface area (Å²) in [6.07, 6.45) is 1.77. The SMILES string of the molecule is COc1ccc(F)c(COc2cc(C)cn3c(C(=O)NN4CCOCC4)c(C)nc23)c1F. The minimum atomic E-state index is -0.818. The van der Waals surface area contributed by atoms with Crippen LogP contribution >= 0.6 is 0 Å². The van der Waals surface area contributed by atoms with Crippen LogP contribution in [-0.4, -0.2) is 53.7 Å². The second kappa shape index (κ2) is 9.09. The molecule has 0 unspecified atom stereocenters. The highest BCUT2D eigenvalue weighted by atomic mass is 19.1. The molecule has 170 valence electrons. The summed E-state index contributed by atoms with van der Waals surface area (Å²) >= 11 is 0. The first kappa shape index (κ1) is 22.0. The minimum absolute atomic E-state index is 0.0712. The van der Waals surface area contributed by atoms with Crippen LogP contribution in [0.4, 0.5) is 8.78 Å². The number of hydrazine groups is 1. The Bertz CT molecular complexity index is 1160. The summed E-state index contributed by atoms with van der Waals surface area (Å²) in [6, 6.07) is 4.05. The second-order valence-electron chi connectivity index (χ2n) is 7.49. The van der Waals surface area contributed by atoms with E-state index in [1.54, 1.807) is 28.6 Å². The van der Waals surface area contributed by atoms with Gasteiger partial charge in [0.2, 0.25) is 0 Å². The van der Waals surface area contributed by atoms with Crippen LogP contribution in [0, 0.1) is 25.5 Å². The Morgan fingerprint density at radius 2 is 1.97 bits per heavy atom. The van der Waals surface area contributed by atoms with E-state index < -0.39 is 11.6 Å². The predicted molar refractivity (Wildman–Crippen MR) is 112 cm³/mol. The number of amides is 1. The molecule has 8 nitrogen and oxygen atoms in total. The van der Waals surface area contributed by atoms with Gasteiger partial charge >= 0.3 is 0 Å². The normalized spacial score (nSPS) is 14.5. The molecule has 2 aromatic heterocycles. The first-order valence-electron chi connectivity index (χ1n) is 10.2. The molecular formula is C22H24F2N4O4. The summed E-state index contributed by atoms with van der Waals surface area (Å²) in [4.78, 5) is 17.4. The molecule has 1 fully saturated rings. The lowest BCUT2D eigenvalue weighted by Gasteiger charge is -2.26. The number of carbonyl (C=O) groups is 1. The van der Waals surface area contributed by atoms with Crippen molar-refractivity contribution in [3.05, 3.63) is 58.5 Å². The van der Waals surface area contributed by atoms with Crippen molar-refractivity contribution in [3.63, 3.8) is 0 Å². The molecule has 1 amide bonds. The zero-order chi connectivity index (χ0) is 22.8. The van der Waals surface area contributed by atoms with Crippen molar-refractivity contribution in [2.24, 2.45) is 0 Å². The van der Waals surface area contributed by atoms with E-state index in [1.165, 1.54) is 13.2 Å². The summed E-state index contributed by atoms with van der Waals surface area (Å²) in [6.45, 7) is 5.45. The number of nitrogens with zero attached hydrogens (tertiary/aromatic N) is 3. The number of fused-ring (bicyclic) bond motifs is 1. The van der Waals surface area contributed by atoms with Gasteiger partial charge in [0, 0.05) is 19.3 Å². The predicted octanol–water partition coefficient (Wildman–Crippen LogP) is 2.79. The Balaban J connectivity index is 1.64. The van der Waals surface area contributed by atoms with Crippen molar-refractivity contribution in [2.45, 2.75) is 20.5 Å². The van der Waals surface area contributed by atoms with Crippen LogP contribution in [0.1, 0.15) is 27.3 Å². The van der Waals surface area contributed by atoms with Crippen LogP contribution < -0.4 is 14.9 Å². The lowest BCUT2D eigenvalue weighted by molar-refractivity contribution is 0.0124. The zero-order valence-corrected chi connectivity index (χ0v) is 18.1. The maximum atomic E-state index is 14.5. The van der Waals surface area contributed by atoms with Gasteiger partial charge < -0.3 is 14.2 Å². The quantitative estimate of drug-likeness (QED) is 0.628. The lowest BCUT2D eigenvalue weighted by Crippen LogP contribution is -2.48. The van der Waals surface area contributed by atoms with Crippen molar-refractivity contribution in [1.29, 1.82) is 0 Å². The molecule has 1 aromatic carbocycles. The van der Waals surface area contributed by atoms with Crippen molar-refractivity contribution in [1.82, 2.24) is 19.8 Å². The van der Waals surface area contributed by atoms with Gasteiger partial charge in [-0.3, -0.25) is 14.6 Å². The largest absolute Gasteiger partial charge is 0.494 e. The number of aryl methyl sites for hydroxylation is 2. The number of benzene rings is 1. The summed E-state index contributed by atoms with van der Waals surface area (Å²) in [5.74, 6) is -1.63. The molecular weight excluding hydrogens is 422 g/mol. The molecule has 0 radical (unpaired) electrons. The number of rotatable bonds is 6. The van der Waals surface area contributed by atoms with E-state index in [4.69, 9.17) is 14.2 Å². The fraction of sp³-hybridized carbons (Fsp3) is 0.364. The van der Waals surface area contributed by atoms with E-state index in [-0.39, 0.29) is 23.8 Å². The third-order valence-corrected chi connectivity index (χ3v) is 5.23. The number of hydrogen-bond acceptors (Lipinski definition) is 6. The maximum Gasteiger partial charge on any atom is 0.284 e. The molecule has 0 spiro atoms. The molecule has 0 atom stereocenters. The number of pyridine rings is 1. The number of morpholine rings is 1. The average Bonchev–Trinajstić information content (AvgIpc) is 3.10. The summed E-state index contributed by atoms with van der Waals surface area (Å²) in [7, 11) is 1.31. The fourth-order valence-corrected chi connectivity index (χ4v) is 3.63. The van der Waals surface area contributed by atoms with Crippen molar-refractivity contribution < 1.29 is 27.8 Å². The number of aromatic nitrogens is 2. The molecule has 1 N–H and O–H groups in total. The van der Waals surface area contributed by atoms with Crippen LogP contribution in [0.2, 0.25) is 0 Å². The Labute approximate surface area is 183 Å². The molecule has 3 heterocycles. The van der Waals surface area contributed by atoms with Crippen LogP contribution in [0.25, 0.3) is 5.65 Å². The van der Waals surface area contributed by atoms with Crippen LogP contribution in [0.5, 0.6) is 11.5 Å². The highest BCUT2D eigenvalue weighted by Crippen LogP contribution is 2.28. The van der Waals surface area contributed by atoms with E-state index in [2.05, 4.69) is 10.4 Å². The first-order valence-corrected chi connectivity index (χ1v) is 10.2. The van der Waals surface area contributed by atoms with Gasteiger partial charge in [0.15, 0.2) is 23.0 Å². The van der Waals surface area contributed by atoms with Gasteiger partial charge in [-0.15, -0.1) is 0 Å². The fourth-order valence-electron chi connectivity index (χ4n) is 3.63. The molecule has 1 saturated heterocycles. The average molecular weight is 446 g/mol. The molecule has 1 aliphatic heterocycles. The second-order valence-corrected chi connectivity index (χ2v) is 7.49. The van der Waals surface area contributed by atoms with Gasteiger partial charge in [-0.05, 0) is 37.6 Å². The first-order chi connectivity index (χ1) is 15.4. The number of halogens is 2. The van der Waals surface area contributed by atoms with Gasteiger partial charge in [0.1, 0.15) is 18.1 Å². The van der Waals surface area contributed by atoms with E-state index in [0.717, 1.165) is 11.6 Å². The van der Waals surface area contributed by atoms with E-state index in [0.29, 0.717) is 49.1 Å². The van der Waals surface area contributed by atoms with Crippen LogP contribution in [0.3, 0.4) is 0 Å². The summed E-state index contributed by atoms with van der Waals surface area (Å²) < 4.78 is 46.3. The Kier molecular flexibility index (Phi) is 6.24. The van der Waals surface area contributed by atoms with Crippen molar-refractivity contribution in [2.75, 3.05) is 33.4 Å².